The fraction of sp³-hybridized carbons (Fsp3) is 0.667. The summed E-state index contributed by atoms with van der Waals surface area (Å²) in [5.41, 5.74) is 1.17. The number of hydrogen-bond acceptors (Lipinski definition) is 3. The molecule has 1 aromatic carbocycles. The first kappa shape index (κ1) is 21.1. The van der Waals surface area contributed by atoms with E-state index in [0.29, 0.717) is 32.1 Å². The van der Waals surface area contributed by atoms with Crippen molar-refractivity contribution in [3.05, 3.63) is 35.9 Å². The number of piperidine rings is 1. The van der Waals surface area contributed by atoms with Gasteiger partial charge >= 0.3 is 0 Å². The van der Waals surface area contributed by atoms with Gasteiger partial charge in [0.05, 0.1) is 13.2 Å². The zero-order valence-corrected chi connectivity index (χ0v) is 18.1. The summed E-state index contributed by atoms with van der Waals surface area (Å²) in [5, 5.41) is 0.216. The van der Waals surface area contributed by atoms with E-state index in [1.807, 2.05) is 23.1 Å². The van der Waals surface area contributed by atoms with Crippen LogP contribution in [0.15, 0.2) is 30.3 Å². The Morgan fingerprint density at radius 3 is 2.50 bits per heavy atom. The van der Waals surface area contributed by atoms with Crippen LogP contribution >= 0.6 is 0 Å². The summed E-state index contributed by atoms with van der Waals surface area (Å²) in [6, 6.07) is 10.1. The number of amides is 1. The Bertz CT molecular complexity index is 568. The number of carbonyl (C=O) groups is 1. The summed E-state index contributed by atoms with van der Waals surface area (Å²) in [6.45, 7) is 14.7. The van der Waals surface area contributed by atoms with Gasteiger partial charge in [-0.3, -0.25) is 4.79 Å². The van der Waals surface area contributed by atoms with Crippen molar-refractivity contribution in [3.8, 4) is 0 Å². The fourth-order valence-electron chi connectivity index (χ4n) is 2.80. The van der Waals surface area contributed by atoms with Crippen molar-refractivity contribution in [2.24, 2.45) is 5.92 Å². The van der Waals surface area contributed by atoms with Crippen LogP contribution in [0.4, 0.5) is 0 Å². The predicted octanol–water partition coefficient (Wildman–Crippen LogP) is 4.46. The third kappa shape index (κ3) is 6.22. The quantitative estimate of drug-likeness (QED) is 0.496. The van der Waals surface area contributed by atoms with E-state index >= 15 is 0 Å². The van der Waals surface area contributed by atoms with Gasteiger partial charge in [-0.05, 0) is 36.0 Å². The minimum atomic E-state index is -1.73. The Kier molecular flexibility index (Phi) is 7.44. The fourth-order valence-corrected chi connectivity index (χ4v) is 3.89. The van der Waals surface area contributed by atoms with Gasteiger partial charge in [-0.25, -0.2) is 0 Å². The molecule has 0 saturated carbocycles. The van der Waals surface area contributed by atoms with Gasteiger partial charge in [0.15, 0.2) is 8.32 Å². The van der Waals surface area contributed by atoms with Crippen LogP contribution in [0.5, 0.6) is 0 Å². The number of carbonyl (C=O) groups excluding carboxylic acids is 1. The first-order valence-electron chi connectivity index (χ1n) is 9.72. The van der Waals surface area contributed by atoms with Crippen molar-refractivity contribution < 1.29 is 14.0 Å². The third-order valence-corrected chi connectivity index (χ3v) is 10.2. The van der Waals surface area contributed by atoms with E-state index < -0.39 is 8.32 Å². The normalized spacial score (nSPS) is 19.0. The highest BCUT2D eigenvalue weighted by atomic mass is 28.4. The van der Waals surface area contributed by atoms with E-state index in [2.05, 4.69) is 46.0 Å². The molecule has 0 spiro atoms. The number of benzene rings is 1. The molecule has 1 amide bonds. The van der Waals surface area contributed by atoms with Gasteiger partial charge in [0.25, 0.3) is 0 Å². The SMILES string of the molecule is CC(C)(C)[Si](C)(C)OCC1CCN(CCOCc2ccccc2)C(=O)C1. The number of rotatable bonds is 8. The van der Waals surface area contributed by atoms with Crippen LogP contribution in [-0.4, -0.2) is 45.4 Å². The van der Waals surface area contributed by atoms with E-state index in [1.54, 1.807) is 0 Å². The molecule has 1 aliphatic rings. The zero-order valence-electron chi connectivity index (χ0n) is 17.1. The molecule has 5 heteroatoms. The molecular weight excluding hydrogens is 342 g/mol. The smallest absolute Gasteiger partial charge is 0.223 e. The van der Waals surface area contributed by atoms with Gasteiger partial charge in [-0.15, -0.1) is 0 Å². The van der Waals surface area contributed by atoms with Gasteiger partial charge in [0, 0.05) is 26.1 Å². The summed E-state index contributed by atoms with van der Waals surface area (Å²) in [5.74, 6) is 0.599. The number of hydrogen-bond donors (Lipinski definition) is 0. The van der Waals surface area contributed by atoms with E-state index in [1.165, 1.54) is 5.56 Å². The summed E-state index contributed by atoms with van der Waals surface area (Å²) >= 11 is 0. The minimum absolute atomic E-state index is 0.216. The minimum Gasteiger partial charge on any atom is -0.417 e. The van der Waals surface area contributed by atoms with Crippen molar-refractivity contribution in [3.63, 3.8) is 0 Å². The molecule has 2 rings (SSSR count). The average Bonchev–Trinajstić information content (AvgIpc) is 2.58. The van der Waals surface area contributed by atoms with E-state index in [-0.39, 0.29) is 10.9 Å². The predicted molar refractivity (Wildman–Crippen MR) is 109 cm³/mol. The van der Waals surface area contributed by atoms with Crippen LogP contribution in [0.25, 0.3) is 0 Å². The Hall–Kier alpha value is -1.17. The molecule has 1 fully saturated rings. The molecule has 1 heterocycles. The Morgan fingerprint density at radius 1 is 1.19 bits per heavy atom. The molecule has 0 N–H and O–H groups in total. The lowest BCUT2D eigenvalue weighted by Crippen LogP contribution is -2.45. The Labute approximate surface area is 160 Å². The first-order valence-corrected chi connectivity index (χ1v) is 12.6. The van der Waals surface area contributed by atoms with Crippen molar-refractivity contribution in [1.29, 1.82) is 0 Å². The highest BCUT2D eigenvalue weighted by molar-refractivity contribution is 6.74. The maximum atomic E-state index is 12.4. The van der Waals surface area contributed by atoms with Crippen LogP contribution in [-0.2, 0) is 20.6 Å². The summed E-state index contributed by atoms with van der Waals surface area (Å²) in [7, 11) is -1.73. The van der Waals surface area contributed by atoms with E-state index in [9.17, 15) is 4.79 Å². The molecule has 1 unspecified atom stereocenters. The number of likely N-dealkylation sites (tertiary alicyclic amines) is 1. The first-order chi connectivity index (χ1) is 12.2. The summed E-state index contributed by atoms with van der Waals surface area (Å²) in [4.78, 5) is 14.4. The maximum Gasteiger partial charge on any atom is 0.223 e. The largest absolute Gasteiger partial charge is 0.417 e. The molecule has 1 saturated heterocycles. The molecule has 1 atom stereocenters. The van der Waals surface area contributed by atoms with Crippen LogP contribution in [0.2, 0.25) is 18.1 Å². The number of ether oxygens (including phenoxy) is 1. The standard InChI is InChI=1S/C21H35NO3Si/c1-21(2,3)26(4,5)25-17-19-11-12-22(20(23)15-19)13-14-24-16-18-9-7-6-8-10-18/h6-10,19H,11-17H2,1-5H3. The monoisotopic (exact) mass is 377 g/mol. The lowest BCUT2D eigenvalue weighted by Gasteiger charge is -2.38. The molecule has 0 aromatic heterocycles. The van der Waals surface area contributed by atoms with Crippen molar-refractivity contribution in [2.75, 3.05) is 26.3 Å². The van der Waals surface area contributed by atoms with Crippen molar-refractivity contribution in [2.45, 2.75) is 58.4 Å². The molecule has 4 nitrogen and oxygen atoms in total. The maximum absolute atomic E-state index is 12.4. The molecule has 0 bridgehead atoms. The molecule has 146 valence electrons. The van der Waals surface area contributed by atoms with Gasteiger partial charge in [0.2, 0.25) is 5.91 Å². The second-order valence-electron chi connectivity index (χ2n) is 8.85. The van der Waals surface area contributed by atoms with Crippen molar-refractivity contribution in [1.82, 2.24) is 4.90 Å². The highest BCUT2D eigenvalue weighted by Gasteiger charge is 2.38. The molecule has 0 aliphatic carbocycles. The lowest BCUT2D eigenvalue weighted by atomic mass is 9.97. The third-order valence-electron chi connectivity index (χ3n) is 5.73. The summed E-state index contributed by atoms with van der Waals surface area (Å²) in [6.07, 6.45) is 1.63. The molecular formula is C21H35NO3Si. The Morgan fingerprint density at radius 2 is 1.88 bits per heavy atom. The van der Waals surface area contributed by atoms with E-state index in [4.69, 9.17) is 9.16 Å². The lowest BCUT2D eigenvalue weighted by molar-refractivity contribution is -0.136. The molecule has 0 radical (unpaired) electrons. The average molecular weight is 378 g/mol. The molecule has 1 aromatic rings. The second-order valence-corrected chi connectivity index (χ2v) is 13.7. The van der Waals surface area contributed by atoms with Crippen LogP contribution < -0.4 is 0 Å². The zero-order chi connectivity index (χ0) is 19.2. The highest BCUT2D eigenvalue weighted by Crippen LogP contribution is 2.37. The van der Waals surface area contributed by atoms with Crippen LogP contribution in [0.3, 0.4) is 0 Å². The van der Waals surface area contributed by atoms with Gasteiger partial charge in [-0.1, -0.05) is 51.1 Å². The van der Waals surface area contributed by atoms with E-state index in [0.717, 1.165) is 19.6 Å². The van der Waals surface area contributed by atoms with Crippen LogP contribution in [0, 0.1) is 5.92 Å². The molecule has 26 heavy (non-hydrogen) atoms. The second kappa shape index (κ2) is 9.15. The van der Waals surface area contributed by atoms with Crippen molar-refractivity contribution >= 4 is 14.2 Å². The Balaban J connectivity index is 1.67. The topological polar surface area (TPSA) is 38.8 Å². The number of nitrogens with zero attached hydrogens (tertiary/aromatic N) is 1. The summed E-state index contributed by atoms with van der Waals surface area (Å²) < 4.78 is 12.0. The van der Waals surface area contributed by atoms with Crippen LogP contribution in [0.1, 0.15) is 39.2 Å². The molecule has 1 aliphatic heterocycles. The van der Waals surface area contributed by atoms with Gasteiger partial charge in [-0.2, -0.15) is 0 Å². The van der Waals surface area contributed by atoms with Gasteiger partial charge in [0.1, 0.15) is 0 Å². The van der Waals surface area contributed by atoms with Gasteiger partial charge < -0.3 is 14.1 Å².